The van der Waals surface area contributed by atoms with Crippen molar-refractivity contribution >= 4 is 5.97 Å². The van der Waals surface area contributed by atoms with Crippen LogP contribution in [0.25, 0.3) is 0 Å². The van der Waals surface area contributed by atoms with Gasteiger partial charge in [-0.3, -0.25) is 0 Å². The average Bonchev–Trinajstić information content (AvgIpc) is 2.22. The minimum Gasteiger partial charge on any atom is -0.463 e. The molecule has 0 rings (SSSR count). The van der Waals surface area contributed by atoms with E-state index < -0.39 is 0 Å². The predicted molar refractivity (Wildman–Crippen MR) is 63.6 cm³/mol. The Morgan fingerprint density at radius 3 is 2.53 bits per heavy atom. The molecule has 0 spiro atoms. The van der Waals surface area contributed by atoms with E-state index >= 15 is 0 Å². The van der Waals surface area contributed by atoms with Crippen LogP contribution in [-0.2, 0) is 9.53 Å². The second-order valence-electron chi connectivity index (χ2n) is 3.07. The fourth-order valence-corrected chi connectivity index (χ4v) is 0.950. The molecule has 15 heavy (non-hydrogen) atoms. The van der Waals surface area contributed by atoms with Gasteiger partial charge in [-0.2, -0.15) is 0 Å². The van der Waals surface area contributed by atoms with E-state index in [1.807, 2.05) is 18.2 Å². The Kier molecular flexibility index (Phi) is 9.83. The quantitative estimate of drug-likeness (QED) is 0.277. The number of unbranched alkanes of at least 4 members (excludes halogenated alkanes) is 2. The molecule has 0 N–H and O–H groups in total. The van der Waals surface area contributed by atoms with Gasteiger partial charge in [0.25, 0.3) is 0 Å². The Morgan fingerprint density at radius 1 is 1.13 bits per heavy atom. The van der Waals surface area contributed by atoms with Crippen LogP contribution >= 0.6 is 0 Å². The highest BCUT2D eigenvalue weighted by molar-refractivity contribution is 5.82. The smallest absolute Gasteiger partial charge is 0.330 e. The average molecular weight is 208 g/mol. The Balaban J connectivity index is 3.60. The van der Waals surface area contributed by atoms with Gasteiger partial charge < -0.3 is 4.74 Å². The van der Waals surface area contributed by atoms with E-state index in [1.165, 1.54) is 18.9 Å². The van der Waals surface area contributed by atoms with Gasteiger partial charge in [0.15, 0.2) is 0 Å². The van der Waals surface area contributed by atoms with Crippen LogP contribution in [-0.4, -0.2) is 12.6 Å². The van der Waals surface area contributed by atoms with Crippen molar-refractivity contribution in [2.45, 2.75) is 33.1 Å². The van der Waals surface area contributed by atoms with Crippen molar-refractivity contribution in [3.05, 3.63) is 36.5 Å². The summed E-state index contributed by atoms with van der Waals surface area (Å²) >= 11 is 0. The highest BCUT2D eigenvalue weighted by Gasteiger charge is 1.89. The zero-order chi connectivity index (χ0) is 11.4. The molecule has 0 aliphatic carbocycles. The number of hydrogen-bond donors (Lipinski definition) is 0. The van der Waals surface area contributed by atoms with Gasteiger partial charge in [0, 0.05) is 6.08 Å². The molecule has 2 nitrogen and oxygen atoms in total. The standard InChI is InChI=1S/C13H20O2/c1-3-5-6-7-8-9-10-11-12-13(14)15-4-2/h7-12H,3-6H2,1-2H3. The van der Waals surface area contributed by atoms with E-state index in [1.54, 1.807) is 13.0 Å². The molecule has 0 aliphatic rings. The molecule has 0 atom stereocenters. The fourth-order valence-electron chi connectivity index (χ4n) is 0.950. The Bertz CT molecular complexity index is 237. The van der Waals surface area contributed by atoms with Crippen LogP contribution in [0.1, 0.15) is 33.1 Å². The van der Waals surface area contributed by atoms with Gasteiger partial charge in [-0.25, -0.2) is 4.79 Å². The summed E-state index contributed by atoms with van der Waals surface area (Å²) in [7, 11) is 0. The molecule has 0 radical (unpaired) electrons. The highest BCUT2D eigenvalue weighted by atomic mass is 16.5. The molecular weight excluding hydrogens is 188 g/mol. The molecule has 0 fully saturated rings. The predicted octanol–water partition coefficient (Wildman–Crippen LogP) is 3.41. The first-order valence-corrected chi connectivity index (χ1v) is 5.47. The summed E-state index contributed by atoms with van der Waals surface area (Å²) in [4.78, 5) is 10.9. The van der Waals surface area contributed by atoms with E-state index in [4.69, 9.17) is 4.74 Å². The monoisotopic (exact) mass is 208 g/mol. The van der Waals surface area contributed by atoms with Gasteiger partial charge in [-0.05, 0) is 13.3 Å². The fraction of sp³-hybridized carbons (Fsp3) is 0.462. The zero-order valence-corrected chi connectivity index (χ0v) is 9.61. The highest BCUT2D eigenvalue weighted by Crippen LogP contribution is 1.94. The molecule has 0 amide bonds. The van der Waals surface area contributed by atoms with E-state index in [2.05, 4.69) is 13.0 Å². The van der Waals surface area contributed by atoms with Gasteiger partial charge >= 0.3 is 5.97 Å². The lowest BCUT2D eigenvalue weighted by atomic mass is 10.2. The maximum Gasteiger partial charge on any atom is 0.330 e. The summed E-state index contributed by atoms with van der Waals surface area (Å²) in [6.45, 7) is 4.38. The summed E-state index contributed by atoms with van der Waals surface area (Å²) in [5.41, 5.74) is 0. The van der Waals surface area contributed by atoms with E-state index in [9.17, 15) is 4.79 Å². The molecule has 84 valence electrons. The van der Waals surface area contributed by atoms with Crippen LogP contribution in [0.4, 0.5) is 0 Å². The van der Waals surface area contributed by atoms with Crippen molar-refractivity contribution in [1.29, 1.82) is 0 Å². The second-order valence-corrected chi connectivity index (χ2v) is 3.07. The molecule has 0 saturated carbocycles. The topological polar surface area (TPSA) is 26.3 Å². The summed E-state index contributed by atoms with van der Waals surface area (Å²) in [6.07, 6.45) is 14.5. The Labute approximate surface area is 92.3 Å². The van der Waals surface area contributed by atoms with Crippen LogP contribution in [0.2, 0.25) is 0 Å². The first kappa shape index (κ1) is 13.7. The van der Waals surface area contributed by atoms with Crippen LogP contribution in [0, 0.1) is 0 Å². The third-order valence-electron chi connectivity index (χ3n) is 1.71. The number of carbonyl (C=O) groups excluding carboxylic acids is 1. The van der Waals surface area contributed by atoms with Crippen molar-refractivity contribution in [3.63, 3.8) is 0 Å². The maximum atomic E-state index is 10.9. The van der Waals surface area contributed by atoms with Crippen molar-refractivity contribution in [2.75, 3.05) is 6.61 Å². The molecule has 2 heteroatoms. The number of ether oxygens (including phenoxy) is 1. The third kappa shape index (κ3) is 10.6. The van der Waals surface area contributed by atoms with Crippen LogP contribution in [0.3, 0.4) is 0 Å². The SMILES string of the molecule is CCCCC=CC=CC=CC(=O)OCC. The van der Waals surface area contributed by atoms with E-state index in [0.29, 0.717) is 6.61 Å². The van der Waals surface area contributed by atoms with Crippen LogP contribution < -0.4 is 0 Å². The minimum absolute atomic E-state index is 0.294. The molecule has 0 aromatic carbocycles. The van der Waals surface area contributed by atoms with Gasteiger partial charge in [0.1, 0.15) is 0 Å². The van der Waals surface area contributed by atoms with E-state index in [-0.39, 0.29) is 5.97 Å². The molecule has 0 aromatic heterocycles. The molecule has 0 heterocycles. The third-order valence-corrected chi connectivity index (χ3v) is 1.71. The number of esters is 1. The first-order valence-electron chi connectivity index (χ1n) is 5.47. The minimum atomic E-state index is -0.294. The normalized spacial score (nSPS) is 11.9. The van der Waals surface area contributed by atoms with Crippen LogP contribution in [0.15, 0.2) is 36.5 Å². The Hall–Kier alpha value is -1.31. The molecular formula is C13H20O2. The largest absolute Gasteiger partial charge is 0.463 e. The lowest BCUT2D eigenvalue weighted by molar-refractivity contribution is -0.137. The van der Waals surface area contributed by atoms with Gasteiger partial charge in [0.2, 0.25) is 0 Å². The number of hydrogen-bond acceptors (Lipinski definition) is 2. The summed E-state index contributed by atoms with van der Waals surface area (Å²) in [6, 6.07) is 0. The van der Waals surface area contributed by atoms with E-state index in [0.717, 1.165) is 6.42 Å². The molecule has 0 aromatic rings. The molecule has 0 saturated heterocycles. The van der Waals surface area contributed by atoms with Crippen molar-refractivity contribution in [3.8, 4) is 0 Å². The van der Waals surface area contributed by atoms with Crippen molar-refractivity contribution in [1.82, 2.24) is 0 Å². The van der Waals surface area contributed by atoms with Crippen LogP contribution in [0.5, 0.6) is 0 Å². The lowest BCUT2D eigenvalue weighted by Crippen LogP contribution is -1.98. The molecule has 0 aliphatic heterocycles. The molecule has 0 unspecified atom stereocenters. The van der Waals surface area contributed by atoms with Gasteiger partial charge in [-0.1, -0.05) is 50.1 Å². The number of allylic oxidation sites excluding steroid dienone is 5. The van der Waals surface area contributed by atoms with Gasteiger partial charge in [0.05, 0.1) is 6.61 Å². The Morgan fingerprint density at radius 2 is 1.87 bits per heavy atom. The summed E-state index contributed by atoms with van der Waals surface area (Å²) in [5, 5.41) is 0. The second kappa shape index (κ2) is 10.8. The zero-order valence-electron chi connectivity index (χ0n) is 9.61. The summed E-state index contributed by atoms with van der Waals surface area (Å²) in [5.74, 6) is -0.294. The number of carbonyl (C=O) groups is 1. The number of rotatable bonds is 7. The van der Waals surface area contributed by atoms with Crippen molar-refractivity contribution in [2.24, 2.45) is 0 Å². The molecule has 0 bridgehead atoms. The first-order chi connectivity index (χ1) is 7.31. The van der Waals surface area contributed by atoms with Gasteiger partial charge in [-0.15, -0.1) is 0 Å². The maximum absolute atomic E-state index is 10.9. The lowest BCUT2D eigenvalue weighted by Gasteiger charge is -1.92. The van der Waals surface area contributed by atoms with Crippen molar-refractivity contribution < 1.29 is 9.53 Å². The summed E-state index contributed by atoms with van der Waals surface area (Å²) < 4.78 is 4.72.